The molecule has 2 aliphatic heterocycles. The second-order valence-electron chi connectivity index (χ2n) is 7.61. The number of ketones is 1. The number of benzene rings is 3. The van der Waals surface area contributed by atoms with Crippen LogP contribution in [-0.4, -0.2) is 36.5 Å². The maximum atomic E-state index is 13.6. The summed E-state index contributed by atoms with van der Waals surface area (Å²) in [6, 6.07) is 21.7. The van der Waals surface area contributed by atoms with Crippen LogP contribution in [0, 0.1) is 5.92 Å². The number of ether oxygens (including phenoxy) is 1. The van der Waals surface area contributed by atoms with Gasteiger partial charge in [0, 0.05) is 10.0 Å². The van der Waals surface area contributed by atoms with Gasteiger partial charge in [0.15, 0.2) is 0 Å². The molecule has 2 atom stereocenters. The number of hydrazone groups is 1. The molecular formula is C25H18BrN3O4. The first kappa shape index (κ1) is 21.1. The number of imide groups is 1. The van der Waals surface area contributed by atoms with Crippen LogP contribution < -0.4 is 14.6 Å². The summed E-state index contributed by atoms with van der Waals surface area (Å²) >= 11 is 3.40. The Morgan fingerprint density at radius 1 is 0.909 bits per heavy atom. The fraction of sp³-hybridized carbons (Fsp3) is 0.120. The smallest absolute Gasteiger partial charge is 0.260 e. The van der Waals surface area contributed by atoms with Crippen molar-refractivity contribution >= 4 is 50.6 Å². The summed E-state index contributed by atoms with van der Waals surface area (Å²) in [6.07, 6.45) is 0. The van der Waals surface area contributed by atoms with Crippen molar-refractivity contribution in [1.82, 2.24) is 0 Å². The first-order valence-electron chi connectivity index (χ1n) is 10.2. The monoisotopic (exact) mass is 503 g/mol. The lowest BCUT2D eigenvalue weighted by Gasteiger charge is -2.22. The van der Waals surface area contributed by atoms with Gasteiger partial charge in [-0.3, -0.25) is 19.4 Å². The third kappa shape index (κ3) is 3.43. The minimum atomic E-state index is -1.03. The lowest BCUT2D eigenvalue weighted by atomic mass is 9.92. The summed E-state index contributed by atoms with van der Waals surface area (Å²) < 4.78 is 6.24. The molecule has 8 heteroatoms. The molecule has 0 aromatic heterocycles. The molecule has 5 rings (SSSR count). The van der Waals surface area contributed by atoms with E-state index in [4.69, 9.17) is 4.74 Å². The molecule has 0 bridgehead atoms. The molecule has 0 unspecified atom stereocenters. The largest absolute Gasteiger partial charge is 0.495 e. The predicted molar refractivity (Wildman–Crippen MR) is 128 cm³/mol. The van der Waals surface area contributed by atoms with Crippen LogP contribution in [0.4, 0.5) is 11.4 Å². The van der Waals surface area contributed by atoms with Crippen molar-refractivity contribution < 1.29 is 19.1 Å². The van der Waals surface area contributed by atoms with Crippen molar-refractivity contribution in [3.8, 4) is 5.75 Å². The lowest BCUT2D eigenvalue weighted by Crippen LogP contribution is -2.39. The van der Waals surface area contributed by atoms with Crippen LogP contribution in [0.3, 0.4) is 0 Å². The fourth-order valence-corrected chi connectivity index (χ4v) is 4.46. The maximum absolute atomic E-state index is 13.6. The van der Waals surface area contributed by atoms with Crippen LogP contribution in [-0.2, 0) is 9.59 Å². The molecule has 0 N–H and O–H groups in total. The Morgan fingerprint density at radius 3 is 2.27 bits per heavy atom. The fourth-order valence-electron chi connectivity index (χ4n) is 4.20. The molecule has 2 aliphatic rings. The van der Waals surface area contributed by atoms with Gasteiger partial charge in [-0.25, -0.2) is 4.90 Å². The number of para-hydroxylation sites is 2. The van der Waals surface area contributed by atoms with Crippen LogP contribution in [0.1, 0.15) is 10.4 Å². The number of carbonyl (C=O) groups excluding carboxylic acids is 3. The summed E-state index contributed by atoms with van der Waals surface area (Å²) in [5.41, 5.74) is 1.40. The van der Waals surface area contributed by atoms with E-state index in [1.165, 1.54) is 12.1 Å². The van der Waals surface area contributed by atoms with Gasteiger partial charge >= 0.3 is 0 Å². The average molecular weight is 504 g/mol. The first-order valence-corrected chi connectivity index (χ1v) is 11.0. The maximum Gasteiger partial charge on any atom is 0.260 e. The molecule has 0 aliphatic carbocycles. The Labute approximate surface area is 198 Å². The molecule has 7 nitrogen and oxygen atoms in total. The number of hydrogen-bond acceptors (Lipinski definition) is 6. The Morgan fingerprint density at radius 2 is 1.58 bits per heavy atom. The number of nitrogens with zero attached hydrogens (tertiary/aromatic N) is 3. The third-order valence-electron chi connectivity index (χ3n) is 5.73. The standard InChI is InChI=1S/C25H18BrN3O4/c1-33-19-10-6-5-9-18(19)28-24(31)20-21(23(30)15-7-3-2-4-8-15)27-29(22(20)25(28)32)17-13-11-16(26)12-14-17/h2-14,20,22H,1H3/t20-,22+/m1/s1. The molecule has 3 aromatic carbocycles. The number of halogens is 1. The van der Waals surface area contributed by atoms with E-state index in [2.05, 4.69) is 21.0 Å². The Balaban J connectivity index is 1.63. The van der Waals surface area contributed by atoms with Gasteiger partial charge in [-0.15, -0.1) is 0 Å². The van der Waals surface area contributed by atoms with E-state index in [1.807, 2.05) is 12.1 Å². The van der Waals surface area contributed by atoms with E-state index in [9.17, 15) is 14.4 Å². The van der Waals surface area contributed by atoms with E-state index in [0.29, 0.717) is 22.7 Å². The Hall–Kier alpha value is -3.78. The summed E-state index contributed by atoms with van der Waals surface area (Å²) in [5.74, 6) is -1.98. The zero-order valence-electron chi connectivity index (χ0n) is 17.5. The van der Waals surface area contributed by atoms with Crippen LogP contribution in [0.5, 0.6) is 5.75 Å². The highest BCUT2D eigenvalue weighted by Crippen LogP contribution is 2.41. The number of Topliss-reactive ketones (excluding diaryl/α,β-unsaturated/α-hetero) is 1. The number of anilines is 2. The molecule has 0 saturated carbocycles. The van der Waals surface area contributed by atoms with E-state index in [0.717, 1.165) is 9.37 Å². The van der Waals surface area contributed by atoms with Gasteiger partial charge in [0.1, 0.15) is 23.4 Å². The number of methoxy groups -OCH3 is 1. The SMILES string of the molecule is COc1ccccc1N1C(=O)[C@@H]2C(C(=O)c3ccccc3)=NN(c3ccc(Br)cc3)[C@@H]2C1=O. The zero-order valence-corrected chi connectivity index (χ0v) is 19.1. The van der Waals surface area contributed by atoms with Crippen molar-refractivity contribution in [2.45, 2.75) is 6.04 Å². The highest BCUT2D eigenvalue weighted by atomic mass is 79.9. The van der Waals surface area contributed by atoms with Crippen LogP contribution in [0.25, 0.3) is 0 Å². The average Bonchev–Trinajstić information content (AvgIpc) is 3.36. The van der Waals surface area contributed by atoms with Gasteiger partial charge in [0.05, 0.1) is 18.5 Å². The highest BCUT2D eigenvalue weighted by molar-refractivity contribution is 9.10. The van der Waals surface area contributed by atoms with E-state index in [-0.39, 0.29) is 11.5 Å². The molecule has 1 saturated heterocycles. The highest BCUT2D eigenvalue weighted by Gasteiger charge is 2.59. The molecular weight excluding hydrogens is 486 g/mol. The summed E-state index contributed by atoms with van der Waals surface area (Å²) in [7, 11) is 1.48. The van der Waals surface area contributed by atoms with Gasteiger partial charge in [-0.2, -0.15) is 5.10 Å². The van der Waals surface area contributed by atoms with Gasteiger partial charge in [-0.1, -0.05) is 58.4 Å². The lowest BCUT2D eigenvalue weighted by molar-refractivity contribution is -0.121. The van der Waals surface area contributed by atoms with Crippen LogP contribution in [0.15, 0.2) is 88.4 Å². The molecule has 33 heavy (non-hydrogen) atoms. The van der Waals surface area contributed by atoms with Crippen LogP contribution >= 0.6 is 15.9 Å². The first-order chi connectivity index (χ1) is 16.0. The van der Waals surface area contributed by atoms with Gasteiger partial charge < -0.3 is 4.74 Å². The van der Waals surface area contributed by atoms with Crippen molar-refractivity contribution in [1.29, 1.82) is 0 Å². The molecule has 0 spiro atoms. The van der Waals surface area contributed by atoms with E-state index < -0.39 is 23.8 Å². The summed E-state index contributed by atoms with van der Waals surface area (Å²) in [4.78, 5) is 41.7. The van der Waals surface area contributed by atoms with Gasteiger partial charge in [-0.05, 0) is 36.4 Å². The van der Waals surface area contributed by atoms with Crippen molar-refractivity contribution in [2.75, 3.05) is 17.0 Å². The number of amides is 2. The number of fused-ring (bicyclic) bond motifs is 1. The Kier molecular flexibility index (Phi) is 5.30. The van der Waals surface area contributed by atoms with Gasteiger partial charge in [0.25, 0.3) is 5.91 Å². The molecule has 2 amide bonds. The minimum absolute atomic E-state index is 0.0462. The topological polar surface area (TPSA) is 79.3 Å². The molecule has 164 valence electrons. The summed E-state index contributed by atoms with van der Waals surface area (Å²) in [6.45, 7) is 0. The van der Waals surface area contributed by atoms with Crippen LogP contribution in [0.2, 0.25) is 0 Å². The second kappa shape index (κ2) is 8.29. The number of hydrogen-bond donors (Lipinski definition) is 0. The zero-order chi connectivity index (χ0) is 23.1. The number of rotatable bonds is 5. The van der Waals surface area contributed by atoms with E-state index in [1.54, 1.807) is 66.7 Å². The minimum Gasteiger partial charge on any atom is -0.495 e. The van der Waals surface area contributed by atoms with Crippen molar-refractivity contribution in [3.63, 3.8) is 0 Å². The Bertz CT molecular complexity index is 1290. The van der Waals surface area contributed by atoms with Gasteiger partial charge in [0.2, 0.25) is 11.7 Å². The van der Waals surface area contributed by atoms with Crippen molar-refractivity contribution in [3.05, 3.63) is 88.9 Å². The predicted octanol–water partition coefficient (Wildman–Crippen LogP) is 4.07. The quantitative estimate of drug-likeness (QED) is 0.387. The molecule has 1 fully saturated rings. The number of carbonyl (C=O) groups is 3. The van der Waals surface area contributed by atoms with Crippen molar-refractivity contribution in [2.24, 2.45) is 11.0 Å². The third-order valence-corrected chi connectivity index (χ3v) is 6.26. The summed E-state index contributed by atoms with van der Waals surface area (Å²) in [5, 5.41) is 5.98. The molecule has 3 aromatic rings. The molecule has 2 heterocycles. The normalized spacial score (nSPS) is 19.5. The second-order valence-corrected chi connectivity index (χ2v) is 8.52. The van der Waals surface area contributed by atoms with E-state index >= 15 is 0 Å². The molecule has 0 radical (unpaired) electrons.